The third kappa shape index (κ3) is 4.84. The first-order valence-electron chi connectivity index (χ1n) is 2.87. The second-order valence-electron chi connectivity index (χ2n) is 1.77. The Hall–Kier alpha value is -1.64. The van der Waals surface area contributed by atoms with Gasteiger partial charge in [-0.25, -0.2) is 5.01 Å². The molecule has 6 heteroatoms. The topological polar surface area (TPSA) is 93.8 Å². The molecule has 11 heavy (non-hydrogen) atoms. The molecule has 0 aromatic rings. The van der Waals surface area contributed by atoms with Gasteiger partial charge in [-0.05, 0) is 0 Å². The van der Waals surface area contributed by atoms with E-state index in [9.17, 15) is 9.70 Å². The van der Waals surface area contributed by atoms with Crippen molar-refractivity contribution in [3.05, 3.63) is 4.91 Å². The molecule has 0 aliphatic rings. The minimum atomic E-state index is -1.14. The van der Waals surface area contributed by atoms with Gasteiger partial charge in [-0.3, -0.25) is 4.79 Å². The van der Waals surface area contributed by atoms with Gasteiger partial charge in [0.2, 0.25) is 0 Å². The molecular formula is C5H7N3O3. The van der Waals surface area contributed by atoms with Gasteiger partial charge in [0.25, 0.3) is 0 Å². The number of hydrogen-bond donors (Lipinski definition) is 1. The normalized spacial score (nSPS) is 8.27. The fourth-order valence-corrected chi connectivity index (χ4v) is 0.484. The first-order chi connectivity index (χ1) is 5.20. The second-order valence-corrected chi connectivity index (χ2v) is 1.77. The third-order valence-electron chi connectivity index (χ3n) is 0.915. The van der Waals surface area contributed by atoms with Gasteiger partial charge in [0.05, 0.1) is 24.3 Å². The van der Waals surface area contributed by atoms with Gasteiger partial charge in [-0.15, -0.1) is 4.91 Å². The quantitative estimate of drug-likeness (QED) is 0.446. The van der Waals surface area contributed by atoms with Gasteiger partial charge in [-0.2, -0.15) is 5.26 Å². The third-order valence-corrected chi connectivity index (χ3v) is 0.915. The smallest absolute Gasteiger partial charge is 0.324 e. The summed E-state index contributed by atoms with van der Waals surface area (Å²) in [6, 6.07) is 1.77. The number of nitroso groups, excluding NO2 is 1. The van der Waals surface area contributed by atoms with E-state index in [0.717, 1.165) is 5.01 Å². The van der Waals surface area contributed by atoms with Gasteiger partial charge in [0, 0.05) is 0 Å². The largest absolute Gasteiger partial charge is 0.480 e. The summed E-state index contributed by atoms with van der Waals surface area (Å²) in [6.07, 6.45) is 0.0962. The molecule has 0 aliphatic heterocycles. The predicted molar refractivity (Wildman–Crippen MR) is 35.2 cm³/mol. The maximum absolute atomic E-state index is 10.0. The minimum Gasteiger partial charge on any atom is -0.480 e. The highest BCUT2D eigenvalue weighted by atomic mass is 16.4. The highest BCUT2D eigenvalue weighted by Gasteiger charge is 2.06. The molecule has 0 aromatic heterocycles. The van der Waals surface area contributed by atoms with Crippen LogP contribution < -0.4 is 0 Å². The van der Waals surface area contributed by atoms with Gasteiger partial charge < -0.3 is 5.11 Å². The van der Waals surface area contributed by atoms with Gasteiger partial charge >= 0.3 is 5.97 Å². The number of carbonyl (C=O) groups is 1. The Bertz CT molecular complexity index is 186. The fraction of sp³-hybridized carbons (Fsp3) is 0.600. The van der Waals surface area contributed by atoms with Crippen molar-refractivity contribution in [2.75, 3.05) is 13.1 Å². The Morgan fingerprint density at radius 1 is 1.73 bits per heavy atom. The molecule has 0 heterocycles. The molecule has 0 fully saturated rings. The Balaban J connectivity index is 3.68. The van der Waals surface area contributed by atoms with E-state index in [0.29, 0.717) is 0 Å². The molecule has 0 unspecified atom stereocenters. The van der Waals surface area contributed by atoms with Crippen LogP contribution in [0.5, 0.6) is 0 Å². The predicted octanol–water partition coefficient (Wildman–Crippen LogP) is -0.0319. The zero-order valence-corrected chi connectivity index (χ0v) is 5.73. The first-order valence-corrected chi connectivity index (χ1v) is 2.87. The van der Waals surface area contributed by atoms with Crippen molar-refractivity contribution in [2.24, 2.45) is 5.29 Å². The molecule has 0 rings (SSSR count). The summed E-state index contributed by atoms with van der Waals surface area (Å²) in [5, 5.41) is 19.5. The molecule has 1 N–H and O–H groups in total. The lowest BCUT2D eigenvalue weighted by Gasteiger charge is -2.08. The maximum atomic E-state index is 10.0. The molecule has 0 spiro atoms. The molecule has 0 bridgehead atoms. The monoisotopic (exact) mass is 157 g/mol. The SMILES string of the molecule is N#CCCN(CC(=O)O)N=O. The van der Waals surface area contributed by atoms with E-state index in [1.165, 1.54) is 0 Å². The van der Waals surface area contributed by atoms with Crippen LogP contribution in [0.15, 0.2) is 5.29 Å². The number of rotatable bonds is 5. The van der Waals surface area contributed by atoms with Crippen LogP contribution in [0.1, 0.15) is 6.42 Å². The number of nitrogens with zero attached hydrogens (tertiary/aromatic N) is 3. The highest BCUT2D eigenvalue weighted by Crippen LogP contribution is 1.90. The Kier molecular flexibility index (Phi) is 4.40. The lowest BCUT2D eigenvalue weighted by Crippen LogP contribution is -2.25. The van der Waals surface area contributed by atoms with E-state index in [1.54, 1.807) is 6.07 Å². The summed E-state index contributed by atoms with van der Waals surface area (Å²) in [7, 11) is 0. The molecular weight excluding hydrogens is 150 g/mol. The average molecular weight is 157 g/mol. The van der Waals surface area contributed by atoms with Crippen molar-refractivity contribution in [2.45, 2.75) is 6.42 Å². The van der Waals surface area contributed by atoms with E-state index in [2.05, 4.69) is 5.29 Å². The number of carboxylic acid groups (broad SMARTS) is 1. The summed E-state index contributed by atoms with van der Waals surface area (Å²) in [5.74, 6) is -1.14. The maximum Gasteiger partial charge on any atom is 0.324 e. The zero-order chi connectivity index (χ0) is 8.69. The van der Waals surface area contributed by atoms with Crippen molar-refractivity contribution in [3.63, 3.8) is 0 Å². The van der Waals surface area contributed by atoms with E-state index >= 15 is 0 Å². The Morgan fingerprint density at radius 3 is 2.73 bits per heavy atom. The van der Waals surface area contributed by atoms with Crippen LogP contribution in [-0.4, -0.2) is 29.2 Å². The lowest BCUT2D eigenvalue weighted by atomic mass is 10.4. The van der Waals surface area contributed by atoms with Crippen LogP contribution in [0.3, 0.4) is 0 Å². The van der Waals surface area contributed by atoms with Crippen molar-refractivity contribution in [1.82, 2.24) is 5.01 Å². The van der Waals surface area contributed by atoms with Crippen LogP contribution >= 0.6 is 0 Å². The molecule has 0 aliphatic carbocycles. The van der Waals surface area contributed by atoms with Gasteiger partial charge in [-0.1, -0.05) is 0 Å². The van der Waals surface area contributed by atoms with Crippen LogP contribution in [0.4, 0.5) is 0 Å². The molecule has 0 saturated carbocycles. The summed E-state index contributed by atoms with van der Waals surface area (Å²) in [6.45, 7) is -0.391. The van der Waals surface area contributed by atoms with Gasteiger partial charge in [0.15, 0.2) is 0 Å². The van der Waals surface area contributed by atoms with Crippen molar-refractivity contribution >= 4 is 5.97 Å². The number of carboxylic acids is 1. The highest BCUT2D eigenvalue weighted by molar-refractivity contribution is 5.68. The van der Waals surface area contributed by atoms with Crippen molar-refractivity contribution in [1.29, 1.82) is 5.26 Å². The molecule has 60 valence electrons. The van der Waals surface area contributed by atoms with Crippen molar-refractivity contribution in [3.8, 4) is 6.07 Å². The lowest BCUT2D eigenvalue weighted by molar-refractivity contribution is -0.138. The number of hydrogen-bond acceptors (Lipinski definition) is 4. The fourth-order valence-electron chi connectivity index (χ4n) is 0.484. The summed E-state index contributed by atoms with van der Waals surface area (Å²) in [5.41, 5.74) is 0. The van der Waals surface area contributed by atoms with Crippen LogP contribution in [0.25, 0.3) is 0 Å². The minimum absolute atomic E-state index is 0.0618. The summed E-state index contributed by atoms with van der Waals surface area (Å²) >= 11 is 0. The Morgan fingerprint density at radius 2 is 2.36 bits per heavy atom. The summed E-state index contributed by atoms with van der Waals surface area (Å²) in [4.78, 5) is 19.9. The van der Waals surface area contributed by atoms with E-state index < -0.39 is 12.5 Å². The van der Waals surface area contributed by atoms with Crippen LogP contribution in [-0.2, 0) is 4.79 Å². The standard InChI is InChI=1S/C5H7N3O3/c6-2-1-3-8(7-11)4-5(9)10/h1,3-4H2,(H,9,10). The Labute approximate surface area is 63.0 Å². The van der Waals surface area contributed by atoms with Crippen LogP contribution in [0.2, 0.25) is 0 Å². The molecule has 0 saturated heterocycles. The van der Waals surface area contributed by atoms with Crippen molar-refractivity contribution < 1.29 is 9.90 Å². The number of aliphatic carboxylic acids is 1. The summed E-state index contributed by atoms with van der Waals surface area (Å²) < 4.78 is 0. The van der Waals surface area contributed by atoms with E-state index in [4.69, 9.17) is 10.4 Å². The second kappa shape index (κ2) is 5.17. The molecule has 0 atom stereocenters. The average Bonchev–Trinajstić information content (AvgIpc) is 1.97. The molecule has 6 nitrogen and oxygen atoms in total. The van der Waals surface area contributed by atoms with E-state index in [-0.39, 0.29) is 13.0 Å². The zero-order valence-electron chi connectivity index (χ0n) is 5.73. The number of nitriles is 1. The van der Waals surface area contributed by atoms with E-state index in [1.807, 2.05) is 0 Å². The van der Waals surface area contributed by atoms with Crippen LogP contribution in [0, 0.1) is 16.2 Å². The molecule has 0 amide bonds. The molecule has 0 radical (unpaired) electrons. The first kappa shape index (κ1) is 9.36. The van der Waals surface area contributed by atoms with Gasteiger partial charge in [0.1, 0.15) is 6.54 Å². The molecule has 0 aromatic carbocycles.